The van der Waals surface area contributed by atoms with Crippen molar-refractivity contribution < 1.29 is 14.3 Å². The molecule has 1 atom stereocenters. The summed E-state index contributed by atoms with van der Waals surface area (Å²) < 4.78 is 11.4. The van der Waals surface area contributed by atoms with Crippen molar-refractivity contribution in [3.05, 3.63) is 52.7 Å². The van der Waals surface area contributed by atoms with Crippen molar-refractivity contribution in [2.45, 2.75) is 26.0 Å². The van der Waals surface area contributed by atoms with Gasteiger partial charge in [0.05, 0.1) is 10.8 Å². The van der Waals surface area contributed by atoms with E-state index in [4.69, 9.17) is 9.15 Å². The summed E-state index contributed by atoms with van der Waals surface area (Å²) in [5, 5.41) is 14.1. The van der Waals surface area contributed by atoms with Crippen LogP contribution < -0.4 is 15.5 Å². The fourth-order valence-corrected chi connectivity index (χ4v) is 2.50. The van der Waals surface area contributed by atoms with E-state index in [2.05, 4.69) is 5.32 Å². The highest BCUT2D eigenvalue weighted by atomic mass is 16.5. The second-order valence-corrected chi connectivity index (χ2v) is 6.11. The number of rotatable bonds is 6. The first-order chi connectivity index (χ1) is 11.5. The lowest BCUT2D eigenvalue weighted by molar-refractivity contribution is 0.105. The Morgan fingerprint density at radius 1 is 1.12 bits per heavy atom. The van der Waals surface area contributed by atoms with E-state index in [0.29, 0.717) is 40.3 Å². The lowest BCUT2D eigenvalue weighted by atomic mass is 10.1. The predicted octanol–water partition coefficient (Wildman–Crippen LogP) is 2.68. The highest BCUT2D eigenvalue weighted by molar-refractivity contribution is 5.90. The van der Waals surface area contributed by atoms with Crippen LogP contribution in [0.1, 0.15) is 13.8 Å². The number of aliphatic hydroxyl groups is 1. The molecule has 0 aliphatic heterocycles. The third kappa shape index (κ3) is 3.58. The lowest BCUT2D eigenvalue weighted by Gasteiger charge is -2.15. The monoisotopic (exact) mass is 327 g/mol. The molecule has 0 radical (unpaired) electrons. The van der Waals surface area contributed by atoms with Gasteiger partial charge in [-0.1, -0.05) is 26.0 Å². The van der Waals surface area contributed by atoms with Crippen molar-refractivity contribution in [2.24, 2.45) is 0 Å². The minimum absolute atomic E-state index is 0.0840. The topological polar surface area (TPSA) is 71.7 Å². The summed E-state index contributed by atoms with van der Waals surface area (Å²) >= 11 is 0. The quantitative estimate of drug-likeness (QED) is 0.681. The van der Waals surface area contributed by atoms with Crippen LogP contribution in [0.4, 0.5) is 0 Å². The molecular formula is C19H21NO4. The molecule has 3 rings (SSSR count). The molecular weight excluding hydrogens is 306 g/mol. The molecule has 3 aromatic rings. The van der Waals surface area contributed by atoms with E-state index in [1.54, 1.807) is 30.3 Å². The van der Waals surface area contributed by atoms with Crippen molar-refractivity contribution in [1.82, 2.24) is 5.32 Å². The number of nitrogens with one attached hydrogen (secondary N) is 1. The van der Waals surface area contributed by atoms with Crippen molar-refractivity contribution in [3.63, 3.8) is 0 Å². The Kier molecular flexibility index (Phi) is 4.83. The van der Waals surface area contributed by atoms with E-state index in [0.717, 1.165) is 0 Å². The van der Waals surface area contributed by atoms with Crippen molar-refractivity contribution in [3.8, 4) is 5.75 Å². The molecule has 1 unspecified atom stereocenters. The number of aliphatic hydroxyl groups excluding tert-OH is 1. The Morgan fingerprint density at radius 2 is 1.88 bits per heavy atom. The minimum atomic E-state index is -0.615. The Morgan fingerprint density at radius 3 is 2.67 bits per heavy atom. The molecule has 0 bridgehead atoms. The summed E-state index contributed by atoms with van der Waals surface area (Å²) in [6.45, 7) is 4.64. The van der Waals surface area contributed by atoms with Crippen LogP contribution in [0, 0.1) is 0 Å². The molecule has 2 aromatic carbocycles. The van der Waals surface area contributed by atoms with Gasteiger partial charge < -0.3 is 19.6 Å². The van der Waals surface area contributed by atoms with Gasteiger partial charge in [0.25, 0.3) is 0 Å². The molecule has 24 heavy (non-hydrogen) atoms. The molecule has 1 heterocycles. The van der Waals surface area contributed by atoms with Gasteiger partial charge in [-0.2, -0.15) is 0 Å². The van der Waals surface area contributed by atoms with Gasteiger partial charge in [0.1, 0.15) is 29.6 Å². The standard InChI is InChI=1S/C19H21NO4/c1-12(2)20-10-13(21)11-23-14-7-8-18-16(9-14)19(22)15-5-3-4-6-17(15)24-18/h3-9,12-13,20-21H,10-11H2,1-2H3. The van der Waals surface area contributed by atoms with Crippen LogP contribution in [0.5, 0.6) is 5.75 Å². The zero-order valence-corrected chi connectivity index (χ0v) is 13.8. The van der Waals surface area contributed by atoms with Crippen LogP contribution >= 0.6 is 0 Å². The summed E-state index contributed by atoms with van der Waals surface area (Å²) in [6, 6.07) is 12.6. The largest absolute Gasteiger partial charge is 0.491 e. The van der Waals surface area contributed by atoms with E-state index >= 15 is 0 Å². The molecule has 2 N–H and O–H groups in total. The molecule has 0 fully saturated rings. The van der Waals surface area contributed by atoms with Crippen LogP contribution in [-0.4, -0.2) is 30.4 Å². The number of benzene rings is 2. The van der Waals surface area contributed by atoms with Crippen LogP contribution in [0.25, 0.3) is 21.9 Å². The third-order valence-electron chi connectivity index (χ3n) is 3.75. The van der Waals surface area contributed by atoms with Gasteiger partial charge in [-0.3, -0.25) is 4.79 Å². The summed E-state index contributed by atoms with van der Waals surface area (Å²) in [4.78, 5) is 12.6. The van der Waals surface area contributed by atoms with E-state index in [1.165, 1.54) is 0 Å². The van der Waals surface area contributed by atoms with Gasteiger partial charge in [-0.15, -0.1) is 0 Å². The van der Waals surface area contributed by atoms with Gasteiger partial charge in [-0.25, -0.2) is 0 Å². The molecule has 126 valence electrons. The maximum absolute atomic E-state index is 12.6. The SMILES string of the molecule is CC(C)NCC(O)COc1ccc2oc3ccccc3c(=O)c2c1. The van der Waals surface area contributed by atoms with Crippen molar-refractivity contribution in [2.75, 3.05) is 13.2 Å². The molecule has 1 aromatic heterocycles. The Bertz CT molecular complexity index is 901. The molecule has 5 heteroatoms. The normalized spacial score (nSPS) is 12.8. The van der Waals surface area contributed by atoms with Crippen molar-refractivity contribution in [1.29, 1.82) is 0 Å². The van der Waals surface area contributed by atoms with Crippen LogP contribution in [0.2, 0.25) is 0 Å². The molecule has 5 nitrogen and oxygen atoms in total. The molecule has 0 aliphatic carbocycles. The fraction of sp³-hybridized carbons (Fsp3) is 0.316. The zero-order chi connectivity index (χ0) is 17.1. The van der Waals surface area contributed by atoms with Crippen LogP contribution in [-0.2, 0) is 0 Å². The van der Waals surface area contributed by atoms with Gasteiger partial charge in [0.2, 0.25) is 5.43 Å². The summed E-state index contributed by atoms with van der Waals surface area (Å²) in [7, 11) is 0. The highest BCUT2D eigenvalue weighted by Crippen LogP contribution is 2.22. The van der Waals surface area contributed by atoms with Gasteiger partial charge in [0.15, 0.2) is 0 Å². The maximum atomic E-state index is 12.6. The maximum Gasteiger partial charge on any atom is 0.200 e. The van der Waals surface area contributed by atoms with Crippen molar-refractivity contribution >= 4 is 21.9 Å². The first-order valence-electron chi connectivity index (χ1n) is 8.04. The van der Waals surface area contributed by atoms with Crippen LogP contribution in [0.15, 0.2) is 51.7 Å². The molecule has 0 aliphatic rings. The average Bonchev–Trinajstić information content (AvgIpc) is 2.58. The number of fused-ring (bicyclic) bond motifs is 2. The number of para-hydroxylation sites is 1. The molecule has 0 saturated carbocycles. The molecule has 0 saturated heterocycles. The molecule has 0 spiro atoms. The highest BCUT2D eigenvalue weighted by Gasteiger charge is 2.10. The van der Waals surface area contributed by atoms with Gasteiger partial charge >= 0.3 is 0 Å². The molecule has 0 amide bonds. The second-order valence-electron chi connectivity index (χ2n) is 6.11. The number of hydrogen-bond donors (Lipinski definition) is 2. The predicted molar refractivity (Wildman–Crippen MR) is 94.6 cm³/mol. The fourth-order valence-electron chi connectivity index (χ4n) is 2.50. The van der Waals surface area contributed by atoms with E-state index in [1.807, 2.05) is 26.0 Å². The summed E-state index contributed by atoms with van der Waals surface area (Å²) in [5.74, 6) is 0.536. The number of hydrogen-bond acceptors (Lipinski definition) is 5. The first-order valence-corrected chi connectivity index (χ1v) is 8.04. The minimum Gasteiger partial charge on any atom is -0.491 e. The van der Waals surface area contributed by atoms with Crippen LogP contribution in [0.3, 0.4) is 0 Å². The lowest BCUT2D eigenvalue weighted by Crippen LogP contribution is -2.35. The Hall–Kier alpha value is -2.37. The Labute approximate surface area is 139 Å². The second kappa shape index (κ2) is 7.03. The van der Waals surface area contributed by atoms with E-state index in [-0.39, 0.29) is 12.0 Å². The first kappa shape index (κ1) is 16.5. The Balaban J connectivity index is 1.82. The summed E-state index contributed by atoms with van der Waals surface area (Å²) in [5.41, 5.74) is 1.01. The smallest absolute Gasteiger partial charge is 0.200 e. The number of ether oxygens (including phenoxy) is 1. The third-order valence-corrected chi connectivity index (χ3v) is 3.75. The zero-order valence-electron chi connectivity index (χ0n) is 13.8. The summed E-state index contributed by atoms with van der Waals surface area (Å²) in [6.07, 6.45) is -0.615. The average molecular weight is 327 g/mol. The van der Waals surface area contributed by atoms with E-state index in [9.17, 15) is 9.90 Å². The van der Waals surface area contributed by atoms with E-state index < -0.39 is 6.10 Å². The van der Waals surface area contributed by atoms with Gasteiger partial charge in [-0.05, 0) is 30.3 Å². The van der Waals surface area contributed by atoms with Gasteiger partial charge in [0, 0.05) is 12.6 Å².